The van der Waals surface area contributed by atoms with E-state index in [1.54, 1.807) is 6.07 Å². The van der Waals surface area contributed by atoms with Crippen molar-refractivity contribution in [3.8, 4) is 11.5 Å². The van der Waals surface area contributed by atoms with Crippen LogP contribution in [0.5, 0.6) is 11.5 Å². The van der Waals surface area contributed by atoms with Gasteiger partial charge in [0.1, 0.15) is 17.2 Å². The summed E-state index contributed by atoms with van der Waals surface area (Å²) in [5.74, 6) is 2.38. The molecule has 0 aliphatic carbocycles. The van der Waals surface area contributed by atoms with E-state index in [0.717, 1.165) is 5.76 Å². The van der Waals surface area contributed by atoms with Crippen LogP contribution in [0, 0.1) is 17.0 Å². The molecule has 7 nitrogen and oxygen atoms in total. The number of hydrogen-bond donors (Lipinski definition) is 1. The standard InChI is InChI=1S/C13H12N2O5/c1-8-2-3-9(20-8)6-14-10-4-12-13(19-7-18-12)5-11(10)15(16)17/h2-5,14H,6-7H2,1H3. The highest BCUT2D eigenvalue weighted by Crippen LogP contribution is 2.40. The molecule has 1 aromatic carbocycles. The lowest BCUT2D eigenvalue weighted by Crippen LogP contribution is -2.02. The Balaban J connectivity index is 1.86. The fraction of sp³-hybridized carbons (Fsp3) is 0.231. The molecule has 0 fully saturated rings. The van der Waals surface area contributed by atoms with Gasteiger partial charge in [0.2, 0.25) is 6.79 Å². The molecule has 0 radical (unpaired) electrons. The third kappa shape index (κ3) is 2.25. The van der Waals surface area contributed by atoms with Crippen molar-refractivity contribution < 1.29 is 18.8 Å². The molecular formula is C13H12N2O5. The van der Waals surface area contributed by atoms with Crippen molar-refractivity contribution in [2.45, 2.75) is 13.5 Å². The summed E-state index contributed by atoms with van der Waals surface area (Å²) >= 11 is 0. The van der Waals surface area contributed by atoms with Gasteiger partial charge in [0.05, 0.1) is 17.5 Å². The number of ether oxygens (including phenoxy) is 2. The van der Waals surface area contributed by atoms with Crippen LogP contribution in [-0.4, -0.2) is 11.7 Å². The second-order valence-electron chi connectivity index (χ2n) is 4.35. The molecule has 1 aliphatic rings. The summed E-state index contributed by atoms with van der Waals surface area (Å²) in [6.07, 6.45) is 0. The van der Waals surface area contributed by atoms with Gasteiger partial charge in [-0.1, -0.05) is 0 Å². The second-order valence-corrected chi connectivity index (χ2v) is 4.35. The van der Waals surface area contributed by atoms with Crippen LogP contribution in [0.4, 0.5) is 11.4 Å². The largest absolute Gasteiger partial charge is 0.465 e. The number of rotatable bonds is 4. The van der Waals surface area contributed by atoms with E-state index in [9.17, 15) is 10.1 Å². The normalized spacial score (nSPS) is 12.4. The maximum Gasteiger partial charge on any atom is 0.296 e. The van der Waals surface area contributed by atoms with Gasteiger partial charge in [-0.15, -0.1) is 0 Å². The number of hydrogen-bond acceptors (Lipinski definition) is 6. The Hall–Kier alpha value is -2.70. The molecule has 1 aliphatic heterocycles. The number of nitrogens with one attached hydrogen (secondary N) is 1. The van der Waals surface area contributed by atoms with Crippen LogP contribution in [0.25, 0.3) is 0 Å². The third-order valence-electron chi connectivity index (χ3n) is 2.94. The van der Waals surface area contributed by atoms with Gasteiger partial charge in [0.15, 0.2) is 11.5 Å². The molecular weight excluding hydrogens is 264 g/mol. The average Bonchev–Trinajstić information content (AvgIpc) is 3.03. The summed E-state index contributed by atoms with van der Waals surface area (Å²) in [5.41, 5.74) is 0.311. The maximum absolute atomic E-state index is 11.1. The summed E-state index contributed by atoms with van der Waals surface area (Å²) in [6, 6.07) is 6.58. The number of benzene rings is 1. The van der Waals surface area contributed by atoms with Crippen molar-refractivity contribution >= 4 is 11.4 Å². The third-order valence-corrected chi connectivity index (χ3v) is 2.94. The highest BCUT2D eigenvalue weighted by Gasteiger charge is 2.23. The summed E-state index contributed by atoms with van der Waals surface area (Å²) in [6.45, 7) is 2.27. The SMILES string of the molecule is Cc1ccc(CNc2cc3c(cc2[N+](=O)[O-])OCO3)o1. The molecule has 2 heterocycles. The van der Waals surface area contributed by atoms with Crippen LogP contribution in [-0.2, 0) is 6.54 Å². The molecule has 0 spiro atoms. The van der Waals surface area contributed by atoms with Gasteiger partial charge in [-0.25, -0.2) is 0 Å². The first kappa shape index (κ1) is 12.3. The van der Waals surface area contributed by atoms with Crippen molar-refractivity contribution in [1.82, 2.24) is 0 Å². The molecule has 1 aromatic heterocycles. The Kier molecular flexibility index (Phi) is 2.94. The summed E-state index contributed by atoms with van der Waals surface area (Å²) in [5, 5.41) is 14.1. The van der Waals surface area contributed by atoms with E-state index in [2.05, 4.69) is 5.32 Å². The molecule has 0 amide bonds. The highest BCUT2D eigenvalue weighted by molar-refractivity contribution is 5.68. The van der Waals surface area contributed by atoms with Crippen molar-refractivity contribution in [3.63, 3.8) is 0 Å². The molecule has 0 saturated carbocycles. The molecule has 7 heteroatoms. The minimum atomic E-state index is -0.461. The van der Waals surface area contributed by atoms with Crippen molar-refractivity contribution in [3.05, 3.63) is 45.9 Å². The monoisotopic (exact) mass is 276 g/mol. The Labute approximate surface area is 114 Å². The summed E-state index contributed by atoms with van der Waals surface area (Å²) in [7, 11) is 0. The second kappa shape index (κ2) is 4.76. The van der Waals surface area contributed by atoms with Gasteiger partial charge in [0, 0.05) is 6.07 Å². The molecule has 0 unspecified atom stereocenters. The lowest BCUT2D eigenvalue weighted by Gasteiger charge is -2.06. The smallest absolute Gasteiger partial charge is 0.296 e. The van der Waals surface area contributed by atoms with Gasteiger partial charge in [-0.2, -0.15) is 0 Å². The number of fused-ring (bicyclic) bond motifs is 1. The highest BCUT2D eigenvalue weighted by atomic mass is 16.7. The van der Waals surface area contributed by atoms with E-state index >= 15 is 0 Å². The zero-order valence-electron chi connectivity index (χ0n) is 10.7. The number of furan rings is 1. The van der Waals surface area contributed by atoms with Crippen LogP contribution in [0.2, 0.25) is 0 Å². The molecule has 0 saturated heterocycles. The number of nitro benzene ring substituents is 1. The zero-order valence-corrected chi connectivity index (χ0v) is 10.7. The predicted octanol–water partition coefficient (Wildman–Crippen LogP) is 2.84. The van der Waals surface area contributed by atoms with Gasteiger partial charge in [0.25, 0.3) is 5.69 Å². The molecule has 104 valence electrons. The van der Waals surface area contributed by atoms with Crippen LogP contribution in [0.1, 0.15) is 11.5 Å². The zero-order chi connectivity index (χ0) is 14.1. The maximum atomic E-state index is 11.1. The van der Waals surface area contributed by atoms with Crippen LogP contribution in [0.15, 0.2) is 28.7 Å². The fourth-order valence-corrected chi connectivity index (χ4v) is 1.99. The fourth-order valence-electron chi connectivity index (χ4n) is 1.99. The Bertz CT molecular complexity index is 665. The van der Waals surface area contributed by atoms with Crippen molar-refractivity contribution in [2.24, 2.45) is 0 Å². The quantitative estimate of drug-likeness (QED) is 0.682. The van der Waals surface area contributed by atoms with E-state index in [-0.39, 0.29) is 12.5 Å². The van der Waals surface area contributed by atoms with E-state index < -0.39 is 4.92 Å². The van der Waals surface area contributed by atoms with Gasteiger partial charge in [-0.05, 0) is 19.1 Å². The van der Waals surface area contributed by atoms with E-state index in [0.29, 0.717) is 29.5 Å². The average molecular weight is 276 g/mol. The molecule has 0 atom stereocenters. The minimum absolute atomic E-state index is 0.0578. The van der Waals surface area contributed by atoms with E-state index in [1.807, 2.05) is 19.1 Å². The minimum Gasteiger partial charge on any atom is -0.465 e. The molecule has 20 heavy (non-hydrogen) atoms. The van der Waals surface area contributed by atoms with Gasteiger partial charge in [-0.3, -0.25) is 10.1 Å². The van der Waals surface area contributed by atoms with Gasteiger partial charge >= 0.3 is 0 Å². The van der Waals surface area contributed by atoms with Crippen LogP contribution in [0.3, 0.4) is 0 Å². The lowest BCUT2D eigenvalue weighted by molar-refractivity contribution is -0.384. The number of nitro groups is 1. The summed E-state index contributed by atoms with van der Waals surface area (Å²) in [4.78, 5) is 10.6. The molecule has 1 N–H and O–H groups in total. The number of nitrogens with zero attached hydrogens (tertiary/aromatic N) is 1. The first-order valence-corrected chi connectivity index (χ1v) is 6.01. The number of anilines is 1. The number of aryl methyl sites for hydroxylation is 1. The topological polar surface area (TPSA) is 86.8 Å². The van der Waals surface area contributed by atoms with E-state index in [4.69, 9.17) is 13.9 Å². The Morgan fingerprint density at radius 1 is 1.30 bits per heavy atom. The molecule has 3 rings (SSSR count). The van der Waals surface area contributed by atoms with Crippen LogP contribution < -0.4 is 14.8 Å². The summed E-state index contributed by atoms with van der Waals surface area (Å²) < 4.78 is 15.8. The Morgan fingerprint density at radius 2 is 2.05 bits per heavy atom. The predicted molar refractivity (Wildman–Crippen MR) is 70.0 cm³/mol. The van der Waals surface area contributed by atoms with Gasteiger partial charge < -0.3 is 19.2 Å². The first-order valence-electron chi connectivity index (χ1n) is 6.01. The lowest BCUT2D eigenvalue weighted by atomic mass is 10.2. The first-order chi connectivity index (χ1) is 9.63. The van der Waals surface area contributed by atoms with Crippen molar-refractivity contribution in [1.29, 1.82) is 0 Å². The Morgan fingerprint density at radius 3 is 2.70 bits per heavy atom. The van der Waals surface area contributed by atoms with Crippen LogP contribution >= 0.6 is 0 Å². The molecule has 0 bridgehead atoms. The van der Waals surface area contributed by atoms with E-state index in [1.165, 1.54) is 6.07 Å². The van der Waals surface area contributed by atoms with Crippen molar-refractivity contribution in [2.75, 3.05) is 12.1 Å². The molecule has 2 aromatic rings.